The number of rotatable bonds is 8. The smallest absolute Gasteiger partial charge is 0.212 e. The summed E-state index contributed by atoms with van der Waals surface area (Å²) in [5.41, 5.74) is 1.59. The van der Waals surface area contributed by atoms with E-state index in [9.17, 15) is 8.42 Å². The minimum Gasteiger partial charge on any atom is -0.494 e. The fourth-order valence-electron chi connectivity index (χ4n) is 1.99. The molecule has 0 fully saturated rings. The fourth-order valence-corrected chi connectivity index (χ4v) is 2.99. The molecule has 1 aromatic carbocycles. The van der Waals surface area contributed by atoms with E-state index >= 15 is 0 Å². The van der Waals surface area contributed by atoms with Crippen molar-refractivity contribution in [1.29, 1.82) is 0 Å². The van der Waals surface area contributed by atoms with Crippen molar-refractivity contribution in [3.05, 3.63) is 59.9 Å². The minimum absolute atomic E-state index is 0.0147. The van der Waals surface area contributed by atoms with Gasteiger partial charge in [0.2, 0.25) is 10.0 Å². The lowest BCUT2D eigenvalue weighted by molar-refractivity contribution is 0.336. The third-order valence-corrected chi connectivity index (χ3v) is 4.43. The molecular formula is C16H20N2O3S. The van der Waals surface area contributed by atoms with Gasteiger partial charge in [0.25, 0.3) is 0 Å². The van der Waals surface area contributed by atoms with E-state index in [1.165, 1.54) is 0 Å². The molecule has 5 nitrogen and oxygen atoms in total. The summed E-state index contributed by atoms with van der Waals surface area (Å²) in [7, 11) is -3.36. The number of sulfonamides is 1. The number of hydrogen-bond acceptors (Lipinski definition) is 4. The van der Waals surface area contributed by atoms with Gasteiger partial charge in [0, 0.05) is 30.4 Å². The zero-order valence-electron chi connectivity index (χ0n) is 12.5. The monoisotopic (exact) mass is 320 g/mol. The van der Waals surface area contributed by atoms with Crippen molar-refractivity contribution in [2.75, 3.05) is 12.4 Å². The van der Waals surface area contributed by atoms with Crippen molar-refractivity contribution >= 4 is 10.0 Å². The molecular weight excluding hydrogens is 300 g/mol. The van der Waals surface area contributed by atoms with Crippen molar-refractivity contribution in [2.45, 2.75) is 19.9 Å². The van der Waals surface area contributed by atoms with Gasteiger partial charge in [0.15, 0.2) is 0 Å². The molecule has 0 saturated carbocycles. The second-order valence-corrected chi connectivity index (χ2v) is 6.68. The van der Waals surface area contributed by atoms with Gasteiger partial charge in [-0.05, 0) is 25.1 Å². The van der Waals surface area contributed by atoms with Crippen LogP contribution in [0.5, 0.6) is 5.75 Å². The standard InChI is InChI=1S/C16H20N2O3S/c1-2-21-16-9-4-3-7-14(16)13-18-22(19,20)12-10-15-8-5-6-11-17-15/h3-9,11,18H,2,10,12-13H2,1H3. The number of pyridine rings is 1. The Bertz CT molecular complexity index is 688. The number of aryl methyl sites for hydroxylation is 1. The molecule has 0 bridgehead atoms. The van der Waals surface area contributed by atoms with E-state index in [1.54, 1.807) is 12.3 Å². The van der Waals surface area contributed by atoms with Crippen LogP contribution in [0.2, 0.25) is 0 Å². The first-order chi connectivity index (χ1) is 10.6. The van der Waals surface area contributed by atoms with Gasteiger partial charge in [-0.1, -0.05) is 24.3 Å². The molecule has 0 amide bonds. The highest BCUT2D eigenvalue weighted by Gasteiger charge is 2.12. The van der Waals surface area contributed by atoms with Gasteiger partial charge >= 0.3 is 0 Å². The maximum absolute atomic E-state index is 12.1. The van der Waals surface area contributed by atoms with Crippen LogP contribution in [-0.2, 0) is 23.0 Å². The minimum atomic E-state index is -3.36. The first kappa shape index (κ1) is 16.5. The molecule has 0 aliphatic heterocycles. The van der Waals surface area contributed by atoms with E-state index in [1.807, 2.05) is 43.3 Å². The maximum Gasteiger partial charge on any atom is 0.212 e. The van der Waals surface area contributed by atoms with E-state index < -0.39 is 10.0 Å². The molecule has 0 aliphatic carbocycles. The average molecular weight is 320 g/mol. The van der Waals surface area contributed by atoms with Crippen LogP contribution in [0.3, 0.4) is 0 Å². The summed E-state index contributed by atoms with van der Waals surface area (Å²) < 4.78 is 32.2. The Labute approximate surface area is 131 Å². The molecule has 6 heteroatoms. The predicted molar refractivity (Wildman–Crippen MR) is 86.2 cm³/mol. The Morgan fingerprint density at radius 3 is 2.64 bits per heavy atom. The quantitative estimate of drug-likeness (QED) is 0.809. The lowest BCUT2D eigenvalue weighted by Crippen LogP contribution is -2.27. The summed E-state index contributed by atoms with van der Waals surface area (Å²) in [6, 6.07) is 12.9. The molecule has 118 valence electrons. The van der Waals surface area contributed by atoms with E-state index in [4.69, 9.17) is 4.74 Å². The van der Waals surface area contributed by atoms with Gasteiger partial charge in [-0.15, -0.1) is 0 Å². The Kier molecular flexibility index (Phi) is 5.91. The second-order valence-electron chi connectivity index (χ2n) is 4.75. The molecule has 2 aromatic rings. The zero-order valence-corrected chi connectivity index (χ0v) is 13.3. The van der Waals surface area contributed by atoms with E-state index in [-0.39, 0.29) is 12.3 Å². The van der Waals surface area contributed by atoms with Crippen LogP contribution in [-0.4, -0.2) is 25.8 Å². The lowest BCUT2D eigenvalue weighted by Gasteiger charge is -2.11. The summed E-state index contributed by atoms with van der Waals surface area (Å²) >= 11 is 0. The van der Waals surface area contributed by atoms with Crippen molar-refractivity contribution < 1.29 is 13.2 Å². The van der Waals surface area contributed by atoms with Crippen molar-refractivity contribution in [1.82, 2.24) is 9.71 Å². The fraction of sp³-hybridized carbons (Fsp3) is 0.312. The van der Waals surface area contributed by atoms with Crippen molar-refractivity contribution in [3.8, 4) is 5.75 Å². The molecule has 2 rings (SSSR count). The van der Waals surface area contributed by atoms with Gasteiger partial charge in [-0.25, -0.2) is 13.1 Å². The van der Waals surface area contributed by atoms with Crippen LogP contribution in [0.1, 0.15) is 18.2 Å². The molecule has 0 radical (unpaired) electrons. The van der Waals surface area contributed by atoms with Crippen LogP contribution < -0.4 is 9.46 Å². The predicted octanol–water partition coefficient (Wildman–Crippen LogP) is 2.14. The third kappa shape index (κ3) is 5.13. The second kappa shape index (κ2) is 7.91. The van der Waals surface area contributed by atoms with Gasteiger partial charge in [-0.3, -0.25) is 4.98 Å². The summed E-state index contributed by atoms with van der Waals surface area (Å²) in [4.78, 5) is 4.13. The topological polar surface area (TPSA) is 68.3 Å². The van der Waals surface area contributed by atoms with Crippen molar-refractivity contribution in [3.63, 3.8) is 0 Å². The zero-order chi connectivity index (χ0) is 15.8. The number of nitrogens with zero attached hydrogens (tertiary/aromatic N) is 1. The van der Waals surface area contributed by atoms with Gasteiger partial charge in [0.05, 0.1) is 12.4 Å². The third-order valence-electron chi connectivity index (χ3n) is 3.11. The van der Waals surface area contributed by atoms with Gasteiger partial charge in [-0.2, -0.15) is 0 Å². The highest BCUT2D eigenvalue weighted by Crippen LogP contribution is 2.17. The number of benzene rings is 1. The van der Waals surface area contributed by atoms with Crippen molar-refractivity contribution in [2.24, 2.45) is 0 Å². The van der Waals surface area contributed by atoms with Gasteiger partial charge < -0.3 is 4.74 Å². The molecule has 22 heavy (non-hydrogen) atoms. The van der Waals surface area contributed by atoms with Gasteiger partial charge in [0.1, 0.15) is 5.75 Å². The number of para-hydroxylation sites is 1. The summed E-state index contributed by atoms with van der Waals surface area (Å²) in [6.07, 6.45) is 2.05. The van der Waals surface area contributed by atoms with E-state index in [2.05, 4.69) is 9.71 Å². The number of aromatic nitrogens is 1. The first-order valence-corrected chi connectivity index (χ1v) is 8.84. The Morgan fingerprint density at radius 2 is 1.91 bits per heavy atom. The summed E-state index contributed by atoms with van der Waals surface area (Å²) in [5, 5.41) is 0. The van der Waals surface area contributed by atoms with E-state index in [0.717, 1.165) is 11.3 Å². The number of ether oxygens (including phenoxy) is 1. The molecule has 1 heterocycles. The van der Waals surface area contributed by atoms with Crippen LogP contribution in [0, 0.1) is 0 Å². The average Bonchev–Trinajstić information content (AvgIpc) is 2.54. The Hall–Kier alpha value is -1.92. The molecule has 0 atom stereocenters. The Morgan fingerprint density at radius 1 is 1.14 bits per heavy atom. The largest absolute Gasteiger partial charge is 0.494 e. The normalized spacial score (nSPS) is 11.3. The molecule has 1 aromatic heterocycles. The van der Waals surface area contributed by atoms with Crippen LogP contribution >= 0.6 is 0 Å². The summed E-state index contributed by atoms with van der Waals surface area (Å²) in [5.74, 6) is 0.721. The molecule has 0 spiro atoms. The highest BCUT2D eigenvalue weighted by molar-refractivity contribution is 7.89. The van der Waals surface area contributed by atoms with Crippen LogP contribution in [0.25, 0.3) is 0 Å². The highest BCUT2D eigenvalue weighted by atomic mass is 32.2. The SMILES string of the molecule is CCOc1ccccc1CNS(=O)(=O)CCc1ccccn1. The number of hydrogen-bond donors (Lipinski definition) is 1. The summed E-state index contributed by atoms with van der Waals surface area (Å²) in [6.45, 7) is 2.66. The maximum atomic E-state index is 12.1. The molecule has 1 N–H and O–H groups in total. The van der Waals surface area contributed by atoms with Crippen LogP contribution in [0.15, 0.2) is 48.7 Å². The van der Waals surface area contributed by atoms with Crippen LogP contribution in [0.4, 0.5) is 0 Å². The lowest BCUT2D eigenvalue weighted by atomic mass is 10.2. The number of nitrogens with one attached hydrogen (secondary N) is 1. The first-order valence-electron chi connectivity index (χ1n) is 7.18. The van der Waals surface area contributed by atoms with E-state index in [0.29, 0.717) is 18.8 Å². The molecule has 0 aliphatic rings. The Balaban J connectivity index is 1.92. The molecule has 0 unspecified atom stereocenters. The molecule has 0 saturated heterocycles.